The minimum absolute atomic E-state index is 0.0325. The molecule has 1 aliphatic rings. The van der Waals surface area contributed by atoms with E-state index in [1.54, 1.807) is 6.08 Å². The van der Waals surface area contributed by atoms with Gasteiger partial charge < -0.3 is 5.32 Å². The van der Waals surface area contributed by atoms with Gasteiger partial charge in [-0.3, -0.25) is 0 Å². The molecule has 0 radical (unpaired) electrons. The summed E-state index contributed by atoms with van der Waals surface area (Å²) >= 11 is 0. The first kappa shape index (κ1) is 13.3. The van der Waals surface area contributed by atoms with Crippen LogP contribution in [0.15, 0.2) is 30.4 Å². The SMILES string of the molecule is C/C=C/C1(F)CNCCC1c1cccc(C)c1C. The van der Waals surface area contributed by atoms with Crippen molar-refractivity contribution < 1.29 is 4.39 Å². The van der Waals surface area contributed by atoms with Gasteiger partial charge in [-0.15, -0.1) is 0 Å². The molecule has 0 aliphatic carbocycles. The van der Waals surface area contributed by atoms with E-state index >= 15 is 4.39 Å². The monoisotopic (exact) mass is 247 g/mol. The van der Waals surface area contributed by atoms with E-state index in [1.807, 2.05) is 19.1 Å². The van der Waals surface area contributed by atoms with E-state index in [1.165, 1.54) is 11.1 Å². The van der Waals surface area contributed by atoms with Gasteiger partial charge in [0.05, 0.1) is 0 Å². The first-order valence-corrected chi connectivity index (χ1v) is 6.68. The van der Waals surface area contributed by atoms with E-state index in [0.29, 0.717) is 6.54 Å². The van der Waals surface area contributed by atoms with Crippen LogP contribution in [0, 0.1) is 13.8 Å². The average molecular weight is 247 g/mol. The number of halogens is 1. The van der Waals surface area contributed by atoms with Gasteiger partial charge in [-0.1, -0.05) is 24.3 Å². The maximum atomic E-state index is 15.1. The first-order chi connectivity index (χ1) is 8.58. The van der Waals surface area contributed by atoms with Crippen LogP contribution in [0.2, 0.25) is 0 Å². The molecule has 1 nitrogen and oxygen atoms in total. The molecule has 1 heterocycles. The Hall–Kier alpha value is -1.15. The molecule has 2 heteroatoms. The maximum Gasteiger partial charge on any atom is 0.148 e. The summed E-state index contributed by atoms with van der Waals surface area (Å²) in [5.74, 6) is -0.0325. The lowest BCUT2D eigenvalue weighted by atomic mass is 9.76. The fourth-order valence-electron chi connectivity index (χ4n) is 2.91. The Morgan fingerprint density at radius 3 is 2.89 bits per heavy atom. The predicted octanol–water partition coefficient (Wildman–Crippen LogP) is 3.66. The van der Waals surface area contributed by atoms with Crippen molar-refractivity contribution in [1.29, 1.82) is 0 Å². The summed E-state index contributed by atoms with van der Waals surface area (Å²) in [5, 5.41) is 3.17. The second-order valence-corrected chi connectivity index (χ2v) is 5.23. The van der Waals surface area contributed by atoms with Crippen LogP contribution in [0.4, 0.5) is 4.39 Å². The van der Waals surface area contributed by atoms with Crippen molar-refractivity contribution in [2.45, 2.75) is 38.8 Å². The summed E-state index contributed by atoms with van der Waals surface area (Å²) in [5.41, 5.74) is 2.38. The van der Waals surface area contributed by atoms with E-state index in [2.05, 4.69) is 31.3 Å². The zero-order valence-electron chi connectivity index (χ0n) is 11.5. The maximum absolute atomic E-state index is 15.1. The van der Waals surface area contributed by atoms with E-state index in [-0.39, 0.29) is 5.92 Å². The number of allylic oxidation sites excluding steroid dienone is 1. The van der Waals surface area contributed by atoms with Crippen LogP contribution in [0.3, 0.4) is 0 Å². The highest BCUT2D eigenvalue weighted by atomic mass is 19.1. The lowest BCUT2D eigenvalue weighted by Gasteiger charge is -2.37. The molecular formula is C16H22FN. The van der Waals surface area contributed by atoms with E-state index in [4.69, 9.17) is 0 Å². The number of hydrogen-bond donors (Lipinski definition) is 1. The van der Waals surface area contributed by atoms with Crippen LogP contribution < -0.4 is 5.32 Å². The van der Waals surface area contributed by atoms with Gasteiger partial charge in [0.2, 0.25) is 0 Å². The Kier molecular flexibility index (Phi) is 3.86. The van der Waals surface area contributed by atoms with Crippen LogP contribution in [-0.4, -0.2) is 18.8 Å². The highest BCUT2D eigenvalue weighted by Crippen LogP contribution is 2.39. The lowest BCUT2D eigenvalue weighted by molar-refractivity contribution is 0.146. The third-order valence-electron chi connectivity index (χ3n) is 4.05. The lowest BCUT2D eigenvalue weighted by Crippen LogP contribution is -2.46. The number of aryl methyl sites for hydroxylation is 1. The Bertz CT molecular complexity index is 452. The summed E-state index contributed by atoms with van der Waals surface area (Å²) in [6, 6.07) is 6.21. The molecule has 0 bridgehead atoms. The second-order valence-electron chi connectivity index (χ2n) is 5.23. The molecular weight excluding hydrogens is 225 g/mol. The van der Waals surface area contributed by atoms with Crippen LogP contribution in [0.1, 0.15) is 36.0 Å². The molecule has 2 unspecified atom stereocenters. The van der Waals surface area contributed by atoms with E-state index in [9.17, 15) is 0 Å². The largest absolute Gasteiger partial charge is 0.313 e. The Morgan fingerprint density at radius 1 is 1.39 bits per heavy atom. The molecule has 2 atom stereocenters. The zero-order valence-corrected chi connectivity index (χ0v) is 11.5. The molecule has 0 spiro atoms. The molecule has 0 amide bonds. The number of piperidine rings is 1. The number of alkyl halides is 1. The topological polar surface area (TPSA) is 12.0 Å². The van der Waals surface area contributed by atoms with Gasteiger partial charge in [0.25, 0.3) is 0 Å². The average Bonchev–Trinajstić information content (AvgIpc) is 2.34. The van der Waals surface area contributed by atoms with E-state index in [0.717, 1.165) is 18.5 Å². The summed E-state index contributed by atoms with van der Waals surface area (Å²) in [4.78, 5) is 0. The van der Waals surface area contributed by atoms with Gasteiger partial charge in [0, 0.05) is 12.5 Å². The molecule has 2 rings (SSSR count). The quantitative estimate of drug-likeness (QED) is 0.786. The number of nitrogens with one attached hydrogen (secondary N) is 1. The van der Waals surface area contributed by atoms with Crippen molar-refractivity contribution in [3.63, 3.8) is 0 Å². The minimum atomic E-state index is -1.26. The fourth-order valence-corrected chi connectivity index (χ4v) is 2.91. The highest BCUT2D eigenvalue weighted by Gasteiger charge is 2.40. The smallest absolute Gasteiger partial charge is 0.148 e. The predicted molar refractivity (Wildman–Crippen MR) is 74.8 cm³/mol. The normalized spacial score (nSPS) is 28.8. The van der Waals surface area contributed by atoms with Crippen molar-refractivity contribution in [3.8, 4) is 0 Å². The zero-order chi connectivity index (χ0) is 13.2. The van der Waals surface area contributed by atoms with Crippen molar-refractivity contribution in [2.24, 2.45) is 0 Å². The highest BCUT2D eigenvalue weighted by molar-refractivity contribution is 5.39. The van der Waals surface area contributed by atoms with Crippen LogP contribution in [0.25, 0.3) is 0 Å². The molecule has 1 saturated heterocycles. The Labute approximate surface area is 109 Å². The molecule has 1 aromatic carbocycles. The summed E-state index contributed by atoms with van der Waals surface area (Å²) < 4.78 is 15.1. The number of hydrogen-bond acceptors (Lipinski definition) is 1. The van der Waals surface area contributed by atoms with Crippen molar-refractivity contribution in [1.82, 2.24) is 5.32 Å². The number of rotatable bonds is 2. The third kappa shape index (κ3) is 2.35. The summed E-state index contributed by atoms with van der Waals surface area (Å²) in [6.45, 7) is 7.38. The molecule has 1 aromatic rings. The van der Waals surface area contributed by atoms with Crippen LogP contribution >= 0.6 is 0 Å². The molecule has 0 aromatic heterocycles. The molecule has 98 valence electrons. The summed E-state index contributed by atoms with van der Waals surface area (Å²) in [7, 11) is 0. The Morgan fingerprint density at radius 2 is 2.17 bits per heavy atom. The molecule has 1 N–H and O–H groups in total. The molecule has 1 aliphatic heterocycles. The Balaban J connectivity index is 2.43. The van der Waals surface area contributed by atoms with Crippen molar-refractivity contribution >= 4 is 0 Å². The first-order valence-electron chi connectivity index (χ1n) is 6.68. The molecule has 1 fully saturated rings. The van der Waals surface area contributed by atoms with Crippen molar-refractivity contribution in [3.05, 3.63) is 47.0 Å². The van der Waals surface area contributed by atoms with Crippen LogP contribution in [-0.2, 0) is 0 Å². The second kappa shape index (κ2) is 5.23. The number of benzene rings is 1. The molecule has 0 saturated carbocycles. The fraction of sp³-hybridized carbons (Fsp3) is 0.500. The van der Waals surface area contributed by atoms with Gasteiger partial charge >= 0.3 is 0 Å². The van der Waals surface area contributed by atoms with Crippen molar-refractivity contribution in [2.75, 3.05) is 13.1 Å². The third-order valence-corrected chi connectivity index (χ3v) is 4.05. The molecule has 18 heavy (non-hydrogen) atoms. The summed E-state index contributed by atoms with van der Waals surface area (Å²) in [6.07, 6.45) is 4.39. The van der Waals surface area contributed by atoms with Gasteiger partial charge in [-0.05, 0) is 56.5 Å². The standard InChI is InChI=1S/C16H22FN/c1-4-9-16(17)11-18-10-8-15(16)14-7-5-6-12(2)13(14)3/h4-7,9,15,18H,8,10-11H2,1-3H3/b9-4+. The van der Waals surface area contributed by atoms with Gasteiger partial charge in [0.15, 0.2) is 0 Å². The van der Waals surface area contributed by atoms with Gasteiger partial charge in [-0.2, -0.15) is 0 Å². The van der Waals surface area contributed by atoms with Gasteiger partial charge in [0.1, 0.15) is 5.67 Å². The van der Waals surface area contributed by atoms with Crippen LogP contribution in [0.5, 0.6) is 0 Å². The van der Waals surface area contributed by atoms with E-state index < -0.39 is 5.67 Å². The van der Waals surface area contributed by atoms with Gasteiger partial charge in [-0.25, -0.2) is 4.39 Å². The minimum Gasteiger partial charge on any atom is -0.313 e.